The Hall–Kier alpha value is -2.51. The highest BCUT2D eigenvalue weighted by atomic mass is 16.5. The average molecular weight is 458 g/mol. The van der Waals surface area contributed by atoms with Crippen LogP contribution in [-0.2, 0) is 9.47 Å². The monoisotopic (exact) mass is 458 g/mol. The molecule has 0 amide bonds. The fraction of sp³-hybridized carbons (Fsp3) is 0.522. The lowest BCUT2D eigenvalue weighted by Gasteiger charge is -2.33. The van der Waals surface area contributed by atoms with Crippen molar-refractivity contribution in [3.63, 3.8) is 0 Å². The molecule has 4 rings (SSSR count). The maximum atomic E-state index is 10.2. The summed E-state index contributed by atoms with van der Waals surface area (Å²) in [5.41, 5.74) is 1.75. The Labute approximate surface area is 189 Å². The van der Waals surface area contributed by atoms with Crippen molar-refractivity contribution in [3.05, 3.63) is 29.5 Å². The van der Waals surface area contributed by atoms with E-state index >= 15 is 0 Å². The highest BCUT2D eigenvalue weighted by Crippen LogP contribution is 2.23. The van der Waals surface area contributed by atoms with Gasteiger partial charge in [0, 0.05) is 23.8 Å². The summed E-state index contributed by atoms with van der Waals surface area (Å²) >= 11 is 0. The second kappa shape index (κ2) is 10.2. The zero-order chi connectivity index (χ0) is 23.5. The molecule has 2 aliphatic rings. The number of nitrogens with one attached hydrogen (secondary N) is 1. The Morgan fingerprint density at radius 3 is 2.45 bits per heavy atom. The summed E-state index contributed by atoms with van der Waals surface area (Å²) in [4.78, 5) is 0. The van der Waals surface area contributed by atoms with Crippen LogP contribution < -0.4 is 0 Å². The van der Waals surface area contributed by atoms with Crippen LogP contribution >= 0.6 is 0 Å². The van der Waals surface area contributed by atoms with E-state index in [2.05, 4.69) is 33.9 Å². The number of aliphatic hydroxyl groups excluding tert-OH is 6. The largest absolute Gasteiger partial charge is 0.394 e. The summed E-state index contributed by atoms with van der Waals surface area (Å²) in [5.74, 6) is 11.5. The first kappa shape index (κ1) is 23.6. The van der Waals surface area contributed by atoms with Crippen molar-refractivity contribution < 1.29 is 40.1 Å². The van der Waals surface area contributed by atoms with E-state index in [1.165, 1.54) is 0 Å². The number of aliphatic hydroxyl groups is 6. The molecule has 0 bridgehead atoms. The van der Waals surface area contributed by atoms with E-state index in [0.717, 1.165) is 5.39 Å². The van der Waals surface area contributed by atoms with E-state index in [9.17, 15) is 30.6 Å². The second-order valence-corrected chi connectivity index (χ2v) is 8.20. The van der Waals surface area contributed by atoms with Crippen LogP contribution in [0.2, 0.25) is 0 Å². The standard InChI is InChI=1S/C23H26N2O8/c26-10-15-7-18(30)23(31)20(32-15)3-1-12-5-13(22-14(6-12)9-24-25-22)2-4-19-16(28)8-17(29)21(11-27)33-19/h5-6,9,15-21,23,26-31H,7-8,10-11H2,(H,24,25)/t15?,16-,17?,18?,19?,20?,21+,23?/m0/s1. The van der Waals surface area contributed by atoms with Crippen molar-refractivity contribution in [2.75, 3.05) is 13.2 Å². The number of ether oxygens (including phenoxy) is 2. The Kier molecular flexibility index (Phi) is 7.29. The summed E-state index contributed by atoms with van der Waals surface area (Å²) in [6, 6.07) is 3.47. The Morgan fingerprint density at radius 1 is 0.909 bits per heavy atom. The summed E-state index contributed by atoms with van der Waals surface area (Å²) < 4.78 is 11.1. The third-order valence-corrected chi connectivity index (χ3v) is 5.77. The summed E-state index contributed by atoms with van der Waals surface area (Å²) in [7, 11) is 0. The zero-order valence-corrected chi connectivity index (χ0v) is 17.6. The molecule has 176 valence electrons. The highest BCUT2D eigenvalue weighted by molar-refractivity contribution is 5.85. The van der Waals surface area contributed by atoms with Gasteiger partial charge >= 0.3 is 0 Å². The van der Waals surface area contributed by atoms with Crippen LogP contribution in [0.25, 0.3) is 10.9 Å². The molecule has 3 heterocycles. The van der Waals surface area contributed by atoms with Gasteiger partial charge in [0.05, 0.1) is 54.9 Å². The van der Waals surface area contributed by atoms with Crippen LogP contribution in [-0.4, -0.2) is 103 Å². The van der Waals surface area contributed by atoms with E-state index in [0.29, 0.717) is 16.6 Å². The quantitative estimate of drug-likeness (QED) is 0.252. The van der Waals surface area contributed by atoms with Gasteiger partial charge in [0.15, 0.2) is 0 Å². The lowest BCUT2D eigenvalue weighted by atomic mass is 9.97. The van der Waals surface area contributed by atoms with Crippen molar-refractivity contribution in [2.45, 2.75) is 61.7 Å². The normalized spacial score (nSPS) is 34.2. The average Bonchev–Trinajstić information content (AvgIpc) is 3.28. The fourth-order valence-corrected chi connectivity index (χ4v) is 3.91. The minimum atomic E-state index is -1.20. The smallest absolute Gasteiger partial charge is 0.147 e. The van der Waals surface area contributed by atoms with Gasteiger partial charge in [-0.1, -0.05) is 23.7 Å². The number of rotatable bonds is 2. The van der Waals surface area contributed by atoms with Crippen LogP contribution in [0, 0.1) is 23.7 Å². The van der Waals surface area contributed by atoms with E-state index < -0.39 is 48.8 Å². The Balaban J connectivity index is 1.60. The zero-order valence-electron chi connectivity index (χ0n) is 17.6. The summed E-state index contributed by atoms with van der Waals surface area (Å²) in [6.45, 7) is -0.672. The number of fused-ring (bicyclic) bond motifs is 1. The molecular formula is C23H26N2O8. The van der Waals surface area contributed by atoms with Crippen molar-refractivity contribution in [3.8, 4) is 23.7 Å². The Bertz CT molecular complexity index is 1100. The molecule has 10 nitrogen and oxygen atoms in total. The van der Waals surface area contributed by atoms with Crippen molar-refractivity contribution in [2.24, 2.45) is 0 Å². The molecule has 33 heavy (non-hydrogen) atoms. The van der Waals surface area contributed by atoms with Gasteiger partial charge in [0.2, 0.25) is 0 Å². The van der Waals surface area contributed by atoms with Crippen LogP contribution in [0.5, 0.6) is 0 Å². The molecule has 2 saturated heterocycles. The minimum absolute atomic E-state index is 0.0416. The predicted octanol–water partition coefficient (Wildman–Crippen LogP) is -1.99. The van der Waals surface area contributed by atoms with Gasteiger partial charge in [-0.05, 0) is 12.1 Å². The van der Waals surface area contributed by atoms with Crippen LogP contribution in [0.15, 0.2) is 18.3 Å². The van der Waals surface area contributed by atoms with Gasteiger partial charge < -0.3 is 40.1 Å². The van der Waals surface area contributed by atoms with Gasteiger partial charge in [0.1, 0.15) is 24.4 Å². The van der Waals surface area contributed by atoms with E-state index in [4.69, 9.17) is 9.47 Å². The first-order chi connectivity index (χ1) is 15.9. The van der Waals surface area contributed by atoms with Gasteiger partial charge in [-0.3, -0.25) is 5.10 Å². The molecule has 0 saturated carbocycles. The predicted molar refractivity (Wildman–Crippen MR) is 115 cm³/mol. The molecule has 0 aliphatic carbocycles. The molecule has 10 heteroatoms. The maximum Gasteiger partial charge on any atom is 0.147 e. The van der Waals surface area contributed by atoms with Crippen LogP contribution in [0.4, 0.5) is 0 Å². The summed E-state index contributed by atoms with van der Waals surface area (Å²) in [6.07, 6.45) is -5.73. The first-order valence-electron chi connectivity index (χ1n) is 10.6. The number of H-pyrrole nitrogens is 1. The third kappa shape index (κ3) is 5.20. The molecule has 6 unspecified atom stereocenters. The van der Waals surface area contributed by atoms with Gasteiger partial charge in [-0.25, -0.2) is 0 Å². The van der Waals surface area contributed by atoms with E-state index in [1.807, 2.05) is 0 Å². The van der Waals surface area contributed by atoms with Crippen LogP contribution in [0.3, 0.4) is 0 Å². The SMILES string of the molecule is OCC1CC(O)C(O)C(C#Cc2cc(C#CC3O[C@H](CO)C(O)C[C@@H]3O)c3[nH]ncc3c2)O1. The number of benzene rings is 1. The number of aromatic amines is 1. The first-order valence-corrected chi connectivity index (χ1v) is 10.6. The van der Waals surface area contributed by atoms with Gasteiger partial charge in [-0.2, -0.15) is 5.10 Å². The lowest BCUT2D eigenvalue weighted by Crippen LogP contribution is -2.48. The van der Waals surface area contributed by atoms with Gasteiger partial charge in [-0.15, -0.1) is 0 Å². The molecular weight excluding hydrogens is 432 g/mol. The molecule has 7 N–H and O–H groups in total. The van der Waals surface area contributed by atoms with Crippen molar-refractivity contribution in [1.82, 2.24) is 10.2 Å². The van der Waals surface area contributed by atoms with Crippen molar-refractivity contribution in [1.29, 1.82) is 0 Å². The topological polar surface area (TPSA) is 169 Å². The third-order valence-electron chi connectivity index (χ3n) is 5.77. The van der Waals surface area contributed by atoms with E-state index in [1.54, 1.807) is 18.3 Å². The lowest BCUT2D eigenvalue weighted by molar-refractivity contribution is -0.160. The fourth-order valence-electron chi connectivity index (χ4n) is 3.91. The number of hydrogen-bond acceptors (Lipinski definition) is 9. The molecule has 8 atom stereocenters. The Morgan fingerprint density at radius 2 is 1.70 bits per heavy atom. The van der Waals surface area contributed by atoms with Gasteiger partial charge in [0.25, 0.3) is 0 Å². The second-order valence-electron chi connectivity index (χ2n) is 8.20. The summed E-state index contributed by atoms with van der Waals surface area (Å²) in [5, 5.41) is 66.4. The number of aromatic nitrogens is 2. The van der Waals surface area contributed by atoms with Crippen molar-refractivity contribution >= 4 is 10.9 Å². The van der Waals surface area contributed by atoms with Crippen LogP contribution in [0.1, 0.15) is 24.0 Å². The molecule has 0 radical (unpaired) electrons. The molecule has 2 aromatic rings. The number of nitrogens with zero attached hydrogens (tertiary/aromatic N) is 1. The molecule has 0 spiro atoms. The molecule has 2 fully saturated rings. The minimum Gasteiger partial charge on any atom is -0.394 e. The maximum absolute atomic E-state index is 10.2. The molecule has 2 aliphatic heterocycles. The molecule has 1 aromatic heterocycles. The highest BCUT2D eigenvalue weighted by Gasteiger charge is 2.36. The van der Waals surface area contributed by atoms with E-state index in [-0.39, 0.29) is 26.1 Å². The number of hydrogen-bond donors (Lipinski definition) is 7. The molecule has 1 aromatic carbocycles.